The molecule has 1 unspecified atom stereocenters. The number of likely N-dealkylation sites (N-methyl/N-ethyl adjacent to an activating group) is 1. The summed E-state index contributed by atoms with van der Waals surface area (Å²) in [6.45, 7) is 2.01. The first-order chi connectivity index (χ1) is 7.22. The largest absolute Gasteiger partial charge is 0.347 e. The summed E-state index contributed by atoms with van der Waals surface area (Å²) in [5.41, 5.74) is 0. The lowest BCUT2D eigenvalue weighted by molar-refractivity contribution is 0.684. The molecule has 1 N–H and O–H groups in total. The van der Waals surface area contributed by atoms with E-state index in [4.69, 9.17) is 16.9 Å². The van der Waals surface area contributed by atoms with E-state index in [-0.39, 0.29) is 0 Å². The highest BCUT2D eigenvalue weighted by Gasteiger charge is 2.22. The lowest BCUT2D eigenvalue weighted by Gasteiger charge is -2.22. The lowest BCUT2D eigenvalue weighted by Crippen LogP contribution is -2.33. The molecule has 80 valence electrons. The van der Waals surface area contributed by atoms with Crippen LogP contribution in [0.4, 0.5) is 5.13 Å². The molecule has 1 aliphatic rings. The number of thiazole rings is 1. The molecule has 15 heavy (non-hydrogen) atoms. The zero-order chi connectivity index (χ0) is 10.8. The number of rotatable bonds is 2. The minimum absolute atomic E-state index is 0.315. The highest BCUT2D eigenvalue weighted by Crippen LogP contribution is 2.29. The molecule has 0 amide bonds. The van der Waals surface area contributed by atoms with Crippen molar-refractivity contribution in [2.45, 2.75) is 12.5 Å². The van der Waals surface area contributed by atoms with Gasteiger partial charge >= 0.3 is 0 Å². The molecule has 0 aromatic carbocycles. The Kier molecular flexibility index (Phi) is 3.10. The van der Waals surface area contributed by atoms with Crippen LogP contribution in [0.25, 0.3) is 0 Å². The van der Waals surface area contributed by atoms with Crippen molar-refractivity contribution in [3.05, 3.63) is 10.0 Å². The average molecular weight is 243 g/mol. The summed E-state index contributed by atoms with van der Waals surface area (Å²) in [5, 5.41) is 13.2. The van der Waals surface area contributed by atoms with Crippen LogP contribution < -0.4 is 10.2 Å². The van der Waals surface area contributed by atoms with E-state index in [1.807, 2.05) is 13.1 Å². The third-order valence-electron chi connectivity index (χ3n) is 2.56. The lowest BCUT2D eigenvalue weighted by atomic mass is 10.2. The summed E-state index contributed by atoms with van der Waals surface area (Å²) in [6, 6.07) is 2.50. The van der Waals surface area contributed by atoms with E-state index in [1.165, 1.54) is 11.3 Å². The third-order valence-corrected chi connectivity index (χ3v) is 4.00. The molecule has 1 saturated heterocycles. The van der Waals surface area contributed by atoms with Gasteiger partial charge in [0, 0.05) is 19.6 Å². The van der Waals surface area contributed by atoms with Gasteiger partial charge in [0.15, 0.2) is 10.3 Å². The van der Waals surface area contributed by atoms with E-state index in [1.54, 1.807) is 0 Å². The van der Waals surface area contributed by atoms with Crippen LogP contribution in [-0.4, -0.2) is 31.2 Å². The summed E-state index contributed by atoms with van der Waals surface area (Å²) in [4.78, 5) is 6.77. The molecule has 0 radical (unpaired) electrons. The fourth-order valence-electron chi connectivity index (χ4n) is 1.64. The van der Waals surface area contributed by atoms with E-state index in [9.17, 15) is 0 Å². The Morgan fingerprint density at radius 1 is 1.73 bits per heavy atom. The minimum atomic E-state index is 0.315. The summed E-state index contributed by atoms with van der Waals surface area (Å²) in [6.07, 6.45) is 1.11. The van der Waals surface area contributed by atoms with E-state index in [2.05, 4.69) is 15.2 Å². The van der Waals surface area contributed by atoms with Crippen molar-refractivity contribution < 1.29 is 0 Å². The summed E-state index contributed by atoms with van der Waals surface area (Å²) in [5.74, 6) is 0. The van der Waals surface area contributed by atoms with Gasteiger partial charge in [0.25, 0.3) is 0 Å². The maximum Gasteiger partial charge on any atom is 0.188 e. The molecule has 2 heterocycles. The Hall–Kier alpha value is -0.830. The predicted octanol–water partition coefficient (Wildman–Crippen LogP) is 1.47. The standard InChI is InChI=1S/C9H11ClN4S/c1-14(6-2-3-12-5-6)9-13-8(10)7(4-11)15-9/h6,12H,2-3,5H2,1H3. The molecule has 1 aromatic rings. The first-order valence-corrected chi connectivity index (χ1v) is 5.92. The average Bonchev–Trinajstić information content (AvgIpc) is 2.85. The molecular formula is C9H11ClN4S. The van der Waals surface area contributed by atoms with Crippen LogP contribution >= 0.6 is 22.9 Å². The molecule has 0 spiro atoms. The maximum absolute atomic E-state index is 8.78. The Labute approximate surface area is 97.5 Å². The summed E-state index contributed by atoms with van der Waals surface area (Å²) >= 11 is 7.18. The van der Waals surface area contributed by atoms with Crippen molar-refractivity contribution in [3.63, 3.8) is 0 Å². The fraction of sp³-hybridized carbons (Fsp3) is 0.556. The Morgan fingerprint density at radius 2 is 2.53 bits per heavy atom. The third kappa shape index (κ3) is 2.07. The van der Waals surface area contributed by atoms with Gasteiger partial charge in [-0.1, -0.05) is 22.9 Å². The minimum Gasteiger partial charge on any atom is -0.347 e. The van der Waals surface area contributed by atoms with Gasteiger partial charge in [0.05, 0.1) is 0 Å². The van der Waals surface area contributed by atoms with Gasteiger partial charge < -0.3 is 10.2 Å². The number of nitrogens with one attached hydrogen (secondary N) is 1. The van der Waals surface area contributed by atoms with Crippen LogP contribution in [0.1, 0.15) is 11.3 Å². The van der Waals surface area contributed by atoms with Gasteiger partial charge in [0.2, 0.25) is 0 Å². The normalized spacial score (nSPS) is 20.2. The summed E-state index contributed by atoms with van der Waals surface area (Å²) in [7, 11) is 1.99. The predicted molar refractivity (Wildman–Crippen MR) is 61.5 cm³/mol. The SMILES string of the molecule is CN(c1nc(Cl)c(C#N)s1)C1CCNC1. The first-order valence-electron chi connectivity index (χ1n) is 4.72. The van der Waals surface area contributed by atoms with Crippen molar-refractivity contribution in [3.8, 4) is 6.07 Å². The van der Waals surface area contributed by atoms with Gasteiger partial charge in [-0.05, 0) is 13.0 Å². The van der Waals surface area contributed by atoms with E-state index in [0.29, 0.717) is 16.1 Å². The molecule has 1 fully saturated rings. The monoisotopic (exact) mass is 242 g/mol. The molecular weight excluding hydrogens is 232 g/mol. The highest BCUT2D eigenvalue weighted by atomic mass is 35.5. The van der Waals surface area contributed by atoms with Crippen LogP contribution in [-0.2, 0) is 0 Å². The zero-order valence-electron chi connectivity index (χ0n) is 8.33. The van der Waals surface area contributed by atoms with Crippen molar-refractivity contribution in [2.24, 2.45) is 0 Å². The molecule has 1 atom stereocenters. The van der Waals surface area contributed by atoms with Gasteiger partial charge in [-0.3, -0.25) is 0 Å². The van der Waals surface area contributed by atoms with Crippen LogP contribution in [0.15, 0.2) is 0 Å². The van der Waals surface area contributed by atoms with Crippen molar-refractivity contribution in [2.75, 3.05) is 25.0 Å². The Morgan fingerprint density at radius 3 is 3.07 bits per heavy atom. The molecule has 1 aliphatic heterocycles. The van der Waals surface area contributed by atoms with Crippen LogP contribution in [0.5, 0.6) is 0 Å². The fourth-order valence-corrected chi connectivity index (χ4v) is 2.71. The smallest absolute Gasteiger partial charge is 0.188 e. The molecule has 1 aromatic heterocycles. The number of anilines is 1. The van der Waals surface area contributed by atoms with Gasteiger partial charge in [-0.25, -0.2) is 4.98 Å². The molecule has 2 rings (SSSR count). The second kappa shape index (κ2) is 4.35. The van der Waals surface area contributed by atoms with E-state index in [0.717, 1.165) is 24.6 Å². The van der Waals surface area contributed by atoms with Gasteiger partial charge in [-0.15, -0.1) is 0 Å². The van der Waals surface area contributed by atoms with E-state index < -0.39 is 0 Å². The Balaban J connectivity index is 2.18. The van der Waals surface area contributed by atoms with Crippen LogP contribution in [0.2, 0.25) is 5.15 Å². The second-order valence-corrected chi connectivity index (χ2v) is 4.82. The van der Waals surface area contributed by atoms with Crippen LogP contribution in [0, 0.1) is 11.3 Å². The number of nitriles is 1. The van der Waals surface area contributed by atoms with Gasteiger partial charge in [0.1, 0.15) is 10.9 Å². The van der Waals surface area contributed by atoms with Crippen molar-refractivity contribution in [1.29, 1.82) is 5.26 Å². The zero-order valence-corrected chi connectivity index (χ0v) is 9.90. The molecule has 6 heteroatoms. The maximum atomic E-state index is 8.78. The molecule has 4 nitrogen and oxygen atoms in total. The van der Waals surface area contributed by atoms with Crippen LogP contribution in [0.3, 0.4) is 0 Å². The topological polar surface area (TPSA) is 52.0 Å². The number of aromatic nitrogens is 1. The number of hydrogen-bond donors (Lipinski definition) is 1. The number of halogens is 1. The first kappa shape index (κ1) is 10.7. The summed E-state index contributed by atoms with van der Waals surface area (Å²) < 4.78 is 0. The molecule has 0 aliphatic carbocycles. The van der Waals surface area contributed by atoms with E-state index >= 15 is 0 Å². The quantitative estimate of drug-likeness (QED) is 0.853. The van der Waals surface area contributed by atoms with Crippen molar-refractivity contribution >= 4 is 28.1 Å². The second-order valence-electron chi connectivity index (χ2n) is 3.49. The molecule has 0 bridgehead atoms. The van der Waals surface area contributed by atoms with Crippen molar-refractivity contribution in [1.82, 2.24) is 10.3 Å². The highest BCUT2D eigenvalue weighted by molar-refractivity contribution is 7.16. The number of nitrogens with zero attached hydrogens (tertiary/aromatic N) is 3. The van der Waals surface area contributed by atoms with Gasteiger partial charge in [-0.2, -0.15) is 5.26 Å². The molecule has 0 saturated carbocycles. The number of hydrogen-bond acceptors (Lipinski definition) is 5. The Bertz CT molecular complexity index is 391.